The van der Waals surface area contributed by atoms with E-state index in [4.69, 9.17) is 9.47 Å². The number of aliphatic imine (C=N–C) groups is 1. The molecule has 0 bridgehead atoms. The van der Waals surface area contributed by atoms with Crippen molar-refractivity contribution in [1.82, 2.24) is 24.6 Å². The normalized spacial score (nSPS) is 24.9. The van der Waals surface area contributed by atoms with Crippen molar-refractivity contribution in [3.05, 3.63) is 16.3 Å². The molecule has 0 radical (unpaired) electrons. The molecule has 0 aliphatic carbocycles. The first kappa shape index (κ1) is 22.5. The minimum atomic E-state index is 0. The van der Waals surface area contributed by atoms with Crippen molar-refractivity contribution < 1.29 is 9.47 Å². The molecule has 9 nitrogen and oxygen atoms in total. The van der Waals surface area contributed by atoms with E-state index in [0.29, 0.717) is 13.2 Å². The van der Waals surface area contributed by atoms with E-state index in [0.717, 1.165) is 83.1 Å². The van der Waals surface area contributed by atoms with Gasteiger partial charge in [-0.3, -0.25) is 9.56 Å². The average Bonchev–Trinajstić information content (AvgIpc) is 3.37. The van der Waals surface area contributed by atoms with E-state index in [1.807, 2.05) is 11.6 Å². The number of hydrogen-bond acceptors (Lipinski definition) is 5. The number of nitrogens with one attached hydrogen (secondary N) is 1. The fourth-order valence-corrected chi connectivity index (χ4v) is 4.34. The van der Waals surface area contributed by atoms with Crippen molar-refractivity contribution in [3.63, 3.8) is 0 Å². The molecule has 10 heteroatoms. The molecule has 2 fully saturated rings. The average molecular weight is 520 g/mol. The predicted molar refractivity (Wildman–Crippen MR) is 121 cm³/mol. The first-order valence-corrected chi connectivity index (χ1v) is 10.6. The van der Waals surface area contributed by atoms with Gasteiger partial charge in [-0.25, -0.2) is 9.48 Å². The maximum atomic E-state index is 12.4. The summed E-state index contributed by atoms with van der Waals surface area (Å²) in [5.74, 6) is 1.83. The number of hydrogen-bond donors (Lipinski definition) is 1. The Morgan fingerprint density at radius 3 is 2.83 bits per heavy atom. The van der Waals surface area contributed by atoms with Gasteiger partial charge in [-0.1, -0.05) is 0 Å². The van der Waals surface area contributed by atoms with Crippen LogP contribution in [0.5, 0.6) is 0 Å². The summed E-state index contributed by atoms with van der Waals surface area (Å²) in [6, 6.07) is 0. The van der Waals surface area contributed by atoms with Gasteiger partial charge in [0.1, 0.15) is 11.9 Å². The van der Waals surface area contributed by atoms with Crippen LogP contribution in [0, 0.1) is 0 Å². The first-order valence-electron chi connectivity index (χ1n) is 10.6. The van der Waals surface area contributed by atoms with Gasteiger partial charge in [-0.05, 0) is 32.1 Å². The number of ether oxygens (including phenoxy) is 2. The molecular formula is C19H33IN6O3. The SMILES string of the molecule is CN=C(NCCCn1nc2n(c1=O)CCCC2)N1CCOC(C2CCCO2)C1.I. The van der Waals surface area contributed by atoms with Crippen molar-refractivity contribution in [2.24, 2.45) is 4.99 Å². The first-order chi connectivity index (χ1) is 13.8. The Hall–Kier alpha value is -1.14. The summed E-state index contributed by atoms with van der Waals surface area (Å²) in [7, 11) is 1.81. The number of guanidine groups is 1. The third-order valence-electron chi connectivity index (χ3n) is 5.85. The van der Waals surface area contributed by atoms with Crippen LogP contribution < -0.4 is 11.0 Å². The molecule has 1 aromatic heterocycles. The molecule has 2 atom stereocenters. The number of fused-ring (bicyclic) bond motifs is 1. The van der Waals surface area contributed by atoms with Crippen molar-refractivity contribution in [1.29, 1.82) is 0 Å². The minimum absolute atomic E-state index is 0. The van der Waals surface area contributed by atoms with Crippen LogP contribution in [-0.4, -0.2) is 77.3 Å². The highest BCUT2D eigenvalue weighted by atomic mass is 127. The minimum Gasteiger partial charge on any atom is -0.375 e. The van der Waals surface area contributed by atoms with Gasteiger partial charge in [0.05, 0.1) is 12.7 Å². The number of halogens is 1. The third-order valence-corrected chi connectivity index (χ3v) is 5.85. The molecule has 1 aromatic rings. The topological polar surface area (TPSA) is 85.9 Å². The van der Waals surface area contributed by atoms with Crippen molar-refractivity contribution in [3.8, 4) is 0 Å². The van der Waals surface area contributed by atoms with Crippen LogP contribution >= 0.6 is 24.0 Å². The summed E-state index contributed by atoms with van der Waals surface area (Å²) in [6.45, 7) is 5.36. The molecule has 0 amide bonds. The summed E-state index contributed by atoms with van der Waals surface area (Å²) in [6.07, 6.45) is 6.46. The molecule has 0 spiro atoms. The number of rotatable bonds is 5. The van der Waals surface area contributed by atoms with Crippen LogP contribution in [0.15, 0.2) is 9.79 Å². The van der Waals surface area contributed by atoms with E-state index in [1.165, 1.54) is 0 Å². The van der Waals surface area contributed by atoms with E-state index in [1.54, 1.807) is 4.68 Å². The molecule has 2 unspecified atom stereocenters. The quantitative estimate of drug-likeness (QED) is 0.268. The monoisotopic (exact) mass is 520 g/mol. The Balaban J connectivity index is 0.00000240. The second kappa shape index (κ2) is 10.8. The van der Waals surface area contributed by atoms with Gasteiger partial charge in [0.15, 0.2) is 5.96 Å². The molecule has 4 heterocycles. The Labute approximate surface area is 188 Å². The Bertz CT molecular complexity index is 743. The van der Waals surface area contributed by atoms with E-state index in [-0.39, 0.29) is 41.9 Å². The van der Waals surface area contributed by atoms with Gasteiger partial charge in [0, 0.05) is 52.8 Å². The number of nitrogens with zero attached hydrogens (tertiary/aromatic N) is 5. The molecule has 0 saturated carbocycles. The third kappa shape index (κ3) is 5.32. The molecule has 0 aromatic carbocycles. The second-order valence-corrected chi connectivity index (χ2v) is 7.76. The fraction of sp³-hybridized carbons (Fsp3) is 0.842. The molecule has 29 heavy (non-hydrogen) atoms. The number of morpholine rings is 1. The van der Waals surface area contributed by atoms with Crippen LogP contribution in [0.2, 0.25) is 0 Å². The molecular weight excluding hydrogens is 487 g/mol. The largest absolute Gasteiger partial charge is 0.375 e. The maximum Gasteiger partial charge on any atom is 0.345 e. The Kier molecular flexibility index (Phi) is 8.36. The lowest BCUT2D eigenvalue weighted by Gasteiger charge is -2.37. The summed E-state index contributed by atoms with van der Waals surface area (Å²) >= 11 is 0. The van der Waals surface area contributed by atoms with Crippen LogP contribution in [0.25, 0.3) is 0 Å². The van der Waals surface area contributed by atoms with Gasteiger partial charge >= 0.3 is 5.69 Å². The molecule has 3 aliphatic heterocycles. The summed E-state index contributed by atoms with van der Waals surface area (Å²) in [5.41, 5.74) is 0.0340. The smallest absolute Gasteiger partial charge is 0.345 e. The molecule has 1 N–H and O–H groups in total. The Morgan fingerprint density at radius 1 is 1.21 bits per heavy atom. The molecule has 164 valence electrons. The zero-order valence-corrected chi connectivity index (χ0v) is 19.5. The van der Waals surface area contributed by atoms with Crippen LogP contribution in [0.4, 0.5) is 0 Å². The Morgan fingerprint density at radius 2 is 2.07 bits per heavy atom. The zero-order chi connectivity index (χ0) is 19.3. The van der Waals surface area contributed by atoms with Crippen molar-refractivity contribution in [2.45, 2.75) is 63.8 Å². The molecule has 3 aliphatic rings. The van der Waals surface area contributed by atoms with E-state index in [2.05, 4.69) is 20.3 Å². The highest BCUT2D eigenvalue weighted by Crippen LogP contribution is 2.21. The van der Waals surface area contributed by atoms with E-state index < -0.39 is 0 Å². The van der Waals surface area contributed by atoms with E-state index in [9.17, 15) is 4.79 Å². The maximum absolute atomic E-state index is 12.4. The summed E-state index contributed by atoms with van der Waals surface area (Å²) in [4.78, 5) is 19.1. The van der Waals surface area contributed by atoms with Gasteiger partial charge in [0.2, 0.25) is 0 Å². The van der Waals surface area contributed by atoms with Crippen molar-refractivity contribution in [2.75, 3.05) is 39.9 Å². The van der Waals surface area contributed by atoms with Gasteiger partial charge in [-0.2, -0.15) is 5.10 Å². The summed E-state index contributed by atoms with van der Waals surface area (Å²) < 4.78 is 15.2. The highest BCUT2D eigenvalue weighted by molar-refractivity contribution is 14.0. The second-order valence-electron chi connectivity index (χ2n) is 7.76. The van der Waals surface area contributed by atoms with Crippen LogP contribution in [-0.2, 0) is 29.0 Å². The lowest BCUT2D eigenvalue weighted by Crippen LogP contribution is -2.53. The molecule has 2 saturated heterocycles. The fourth-order valence-electron chi connectivity index (χ4n) is 4.34. The number of aryl methyl sites for hydroxylation is 2. The van der Waals surface area contributed by atoms with Crippen LogP contribution in [0.3, 0.4) is 0 Å². The van der Waals surface area contributed by atoms with Crippen LogP contribution in [0.1, 0.15) is 37.9 Å². The highest BCUT2D eigenvalue weighted by Gasteiger charge is 2.32. The number of aromatic nitrogens is 3. The lowest BCUT2D eigenvalue weighted by molar-refractivity contribution is -0.0816. The van der Waals surface area contributed by atoms with Gasteiger partial charge in [0.25, 0.3) is 0 Å². The zero-order valence-electron chi connectivity index (χ0n) is 17.2. The van der Waals surface area contributed by atoms with Crippen molar-refractivity contribution >= 4 is 29.9 Å². The standard InChI is InChI=1S/C19H32N6O3.HI/c1-20-18(23-11-13-28-16(14-23)15-6-4-12-27-15)21-8-5-10-25-19(26)24-9-3-2-7-17(24)22-25;/h15-16H,2-14H2,1H3,(H,20,21);1H. The van der Waals surface area contributed by atoms with Gasteiger partial charge in [-0.15, -0.1) is 24.0 Å². The van der Waals surface area contributed by atoms with Gasteiger partial charge < -0.3 is 19.7 Å². The summed E-state index contributed by atoms with van der Waals surface area (Å²) in [5, 5.41) is 7.93. The van der Waals surface area contributed by atoms with E-state index >= 15 is 0 Å². The predicted octanol–water partition coefficient (Wildman–Crippen LogP) is 0.844. The molecule has 4 rings (SSSR count). The lowest BCUT2D eigenvalue weighted by atomic mass is 10.1.